The molecule has 0 saturated carbocycles. The van der Waals surface area contributed by atoms with Crippen LogP contribution in [0.25, 0.3) is 0 Å². The summed E-state index contributed by atoms with van der Waals surface area (Å²) in [6.07, 6.45) is 0. The molecule has 10 heteroatoms. The Balaban J connectivity index is 1.55. The quantitative estimate of drug-likeness (QED) is 0.398. The number of nitrogens with one attached hydrogen (secondary N) is 1. The van der Waals surface area contributed by atoms with Crippen LogP contribution in [-0.4, -0.2) is 48.2 Å². The van der Waals surface area contributed by atoms with E-state index in [4.69, 9.17) is 23.2 Å². The monoisotopic (exact) mass is 507 g/mol. The lowest BCUT2D eigenvalue weighted by molar-refractivity contribution is -0.129. The highest BCUT2D eigenvalue weighted by Gasteiger charge is 2.36. The maximum absolute atomic E-state index is 13.2. The third-order valence-corrected chi connectivity index (χ3v) is 7.65. The van der Waals surface area contributed by atoms with Crippen molar-refractivity contribution in [2.45, 2.75) is 12.6 Å². The molecule has 32 heavy (non-hydrogen) atoms. The molecule has 1 fully saturated rings. The lowest BCUT2D eigenvalue weighted by Crippen LogP contribution is -2.61. The van der Waals surface area contributed by atoms with E-state index in [1.807, 2.05) is 22.4 Å². The summed E-state index contributed by atoms with van der Waals surface area (Å²) >= 11 is 15.0. The summed E-state index contributed by atoms with van der Waals surface area (Å²) in [7, 11) is 0. The molecule has 1 aliphatic rings. The number of Topliss-reactive ketones (excluding diaryl/α,β-unsaturated/α-hetero) is 1. The Labute approximate surface area is 203 Å². The van der Waals surface area contributed by atoms with Gasteiger partial charge in [0.15, 0.2) is 0 Å². The molecule has 3 aromatic rings. The largest absolute Gasteiger partial charge is 0.356 e. The number of nitrogens with zero attached hydrogens (tertiary/aromatic N) is 2. The smallest absolute Gasteiger partial charge is 0.295 e. The molecule has 0 aliphatic carbocycles. The molecular formula is C22H19Cl2N3O3S2. The first-order chi connectivity index (χ1) is 15.4. The molecule has 0 unspecified atom stereocenters. The molecule has 4 rings (SSSR count). The summed E-state index contributed by atoms with van der Waals surface area (Å²) in [6.45, 7) is 1.17. The molecule has 1 saturated heterocycles. The van der Waals surface area contributed by atoms with Crippen LogP contribution in [0.15, 0.2) is 53.2 Å². The topological polar surface area (TPSA) is 69.7 Å². The molecule has 166 valence electrons. The number of hydrogen-bond donors (Lipinski definition) is 1. The van der Waals surface area contributed by atoms with Crippen LogP contribution in [0.1, 0.15) is 14.5 Å². The van der Waals surface area contributed by atoms with E-state index in [-0.39, 0.29) is 12.5 Å². The number of piperazine rings is 1. The highest BCUT2D eigenvalue weighted by molar-refractivity contribution is 7.13. The molecule has 0 bridgehead atoms. The Morgan fingerprint density at radius 3 is 2.47 bits per heavy atom. The maximum Gasteiger partial charge on any atom is 0.295 e. The second-order valence-corrected chi connectivity index (χ2v) is 9.96. The normalized spacial score (nSPS) is 16.1. The van der Waals surface area contributed by atoms with Crippen LogP contribution in [0, 0.1) is 0 Å². The Bertz CT molecular complexity index is 1120. The minimum absolute atomic E-state index is 0.0897. The molecule has 2 aromatic heterocycles. The second-order valence-electron chi connectivity index (χ2n) is 7.16. The van der Waals surface area contributed by atoms with Crippen molar-refractivity contribution < 1.29 is 14.4 Å². The Morgan fingerprint density at radius 2 is 1.78 bits per heavy atom. The third-order valence-electron chi connectivity index (χ3n) is 5.16. The predicted molar refractivity (Wildman–Crippen MR) is 129 cm³/mol. The highest BCUT2D eigenvalue weighted by atomic mass is 35.5. The van der Waals surface area contributed by atoms with E-state index in [0.29, 0.717) is 34.6 Å². The fourth-order valence-corrected chi connectivity index (χ4v) is 5.12. The summed E-state index contributed by atoms with van der Waals surface area (Å²) in [5, 5.41) is 7.45. The van der Waals surface area contributed by atoms with Crippen LogP contribution in [0.2, 0.25) is 10.0 Å². The molecule has 2 amide bonds. The summed E-state index contributed by atoms with van der Waals surface area (Å²) in [5.41, 5.74) is 0.729. The van der Waals surface area contributed by atoms with Crippen LogP contribution in [0.3, 0.4) is 0 Å². The maximum atomic E-state index is 13.2. The average molecular weight is 508 g/mol. The Hall–Kier alpha value is -2.39. The van der Waals surface area contributed by atoms with E-state index in [2.05, 4.69) is 5.32 Å². The van der Waals surface area contributed by atoms with Gasteiger partial charge in [0.05, 0.1) is 28.0 Å². The van der Waals surface area contributed by atoms with E-state index >= 15 is 0 Å². The van der Waals surface area contributed by atoms with Crippen molar-refractivity contribution in [2.24, 2.45) is 0 Å². The number of ketones is 1. The first-order valence-electron chi connectivity index (χ1n) is 9.83. The molecule has 0 radical (unpaired) electrons. The molecular weight excluding hydrogens is 489 g/mol. The second kappa shape index (κ2) is 10.0. The molecule has 1 atom stereocenters. The average Bonchev–Trinajstić information content (AvgIpc) is 3.52. The standard InChI is InChI=1S/C22H19Cl2N3O3S2/c23-16-6-5-14(11-17(16)24)27-8-7-26(22(30)20(28)19-4-2-10-32-19)13-18(27)21(29)25-12-15-3-1-9-31-15/h1-6,9-11,18H,7-8,12-13H2,(H,25,29)/t18-/m0/s1. The van der Waals surface area contributed by atoms with Crippen LogP contribution in [-0.2, 0) is 16.1 Å². The summed E-state index contributed by atoms with van der Waals surface area (Å²) in [6, 6.07) is 11.7. The predicted octanol–water partition coefficient (Wildman–Crippen LogP) is 4.33. The number of thiophene rings is 2. The number of carbonyl (C=O) groups is 3. The zero-order chi connectivity index (χ0) is 22.7. The van der Waals surface area contributed by atoms with Gasteiger partial charge in [-0.05, 0) is 41.1 Å². The zero-order valence-corrected chi connectivity index (χ0v) is 19.9. The van der Waals surface area contributed by atoms with Crippen molar-refractivity contribution in [3.63, 3.8) is 0 Å². The van der Waals surface area contributed by atoms with Crippen molar-refractivity contribution in [2.75, 3.05) is 24.5 Å². The van der Waals surface area contributed by atoms with Gasteiger partial charge in [-0.1, -0.05) is 35.3 Å². The number of rotatable bonds is 6. The van der Waals surface area contributed by atoms with Crippen LogP contribution >= 0.6 is 45.9 Å². The van der Waals surface area contributed by atoms with E-state index < -0.39 is 17.7 Å². The van der Waals surface area contributed by atoms with Gasteiger partial charge in [-0.3, -0.25) is 14.4 Å². The van der Waals surface area contributed by atoms with Crippen molar-refractivity contribution in [3.8, 4) is 0 Å². The Kier molecular flexibility index (Phi) is 7.15. The summed E-state index contributed by atoms with van der Waals surface area (Å²) in [4.78, 5) is 43.3. The minimum atomic E-state index is -0.680. The number of benzene rings is 1. The fraction of sp³-hybridized carbons (Fsp3) is 0.227. The Morgan fingerprint density at radius 1 is 1.00 bits per heavy atom. The van der Waals surface area contributed by atoms with Crippen molar-refractivity contribution in [1.29, 1.82) is 0 Å². The summed E-state index contributed by atoms with van der Waals surface area (Å²) < 4.78 is 0. The van der Waals surface area contributed by atoms with Gasteiger partial charge in [0, 0.05) is 23.7 Å². The molecule has 1 aliphatic heterocycles. The molecule has 0 spiro atoms. The van der Waals surface area contributed by atoms with Gasteiger partial charge in [-0.25, -0.2) is 0 Å². The lowest BCUT2D eigenvalue weighted by atomic mass is 10.1. The van der Waals surface area contributed by atoms with Crippen LogP contribution in [0.4, 0.5) is 5.69 Å². The van der Waals surface area contributed by atoms with Crippen LogP contribution in [0.5, 0.6) is 0 Å². The molecule has 1 N–H and O–H groups in total. The van der Waals surface area contributed by atoms with Crippen molar-refractivity contribution in [3.05, 3.63) is 73.0 Å². The number of carbonyl (C=O) groups excluding carboxylic acids is 3. The van der Waals surface area contributed by atoms with E-state index in [9.17, 15) is 14.4 Å². The van der Waals surface area contributed by atoms with Gasteiger partial charge in [-0.15, -0.1) is 22.7 Å². The fourth-order valence-electron chi connectivity index (χ4n) is 3.53. The SMILES string of the molecule is O=C(C(=O)N1CCN(c2ccc(Cl)c(Cl)c2)[C@H](C(=O)NCc2cccs2)C1)c1cccs1. The van der Waals surface area contributed by atoms with Crippen molar-refractivity contribution in [1.82, 2.24) is 10.2 Å². The number of amides is 2. The van der Waals surface area contributed by atoms with Gasteiger partial charge in [-0.2, -0.15) is 0 Å². The molecule has 1 aromatic carbocycles. The third kappa shape index (κ3) is 4.99. The van der Waals surface area contributed by atoms with Gasteiger partial charge >= 0.3 is 0 Å². The van der Waals surface area contributed by atoms with Crippen molar-refractivity contribution >= 4 is 69.2 Å². The first-order valence-corrected chi connectivity index (χ1v) is 12.3. The van der Waals surface area contributed by atoms with Gasteiger partial charge in [0.25, 0.3) is 11.7 Å². The van der Waals surface area contributed by atoms with E-state index in [1.54, 1.807) is 47.0 Å². The van der Waals surface area contributed by atoms with Gasteiger partial charge in [0.1, 0.15) is 6.04 Å². The highest BCUT2D eigenvalue weighted by Crippen LogP contribution is 2.29. The number of anilines is 1. The van der Waals surface area contributed by atoms with Crippen LogP contribution < -0.4 is 10.2 Å². The molecule has 6 nitrogen and oxygen atoms in total. The molecule has 3 heterocycles. The number of hydrogen-bond acceptors (Lipinski definition) is 6. The number of halogens is 2. The summed E-state index contributed by atoms with van der Waals surface area (Å²) in [5.74, 6) is -1.39. The lowest BCUT2D eigenvalue weighted by Gasteiger charge is -2.41. The van der Waals surface area contributed by atoms with E-state index in [1.165, 1.54) is 16.2 Å². The van der Waals surface area contributed by atoms with Gasteiger partial charge < -0.3 is 15.1 Å². The van der Waals surface area contributed by atoms with Gasteiger partial charge in [0.2, 0.25) is 5.91 Å². The first kappa shape index (κ1) is 22.8. The zero-order valence-electron chi connectivity index (χ0n) is 16.8. The van der Waals surface area contributed by atoms with E-state index in [0.717, 1.165) is 10.6 Å². The minimum Gasteiger partial charge on any atom is -0.356 e.